The molecule has 0 radical (unpaired) electrons. The summed E-state index contributed by atoms with van der Waals surface area (Å²) in [5.74, 6) is 0.117. The van der Waals surface area contributed by atoms with Crippen molar-refractivity contribution in [3.8, 4) is 0 Å². The van der Waals surface area contributed by atoms with Crippen LogP contribution in [0.3, 0.4) is 0 Å². The van der Waals surface area contributed by atoms with Crippen molar-refractivity contribution in [3.63, 3.8) is 0 Å². The molecule has 0 bridgehead atoms. The van der Waals surface area contributed by atoms with E-state index in [1.807, 2.05) is 24.3 Å². The van der Waals surface area contributed by atoms with Crippen LogP contribution in [0.4, 0.5) is 11.4 Å². The van der Waals surface area contributed by atoms with Crippen molar-refractivity contribution >= 4 is 27.3 Å². The summed E-state index contributed by atoms with van der Waals surface area (Å²) in [6, 6.07) is 13.1. The summed E-state index contributed by atoms with van der Waals surface area (Å²) < 4.78 is 22.5. The molecule has 25 heavy (non-hydrogen) atoms. The number of nitrogens with one attached hydrogen (secondary N) is 2. The number of carbonyl (C=O) groups excluding carboxylic acids is 1. The highest BCUT2D eigenvalue weighted by Crippen LogP contribution is 2.24. The Hall–Kier alpha value is -2.38. The van der Waals surface area contributed by atoms with E-state index in [2.05, 4.69) is 24.5 Å². The van der Waals surface area contributed by atoms with Crippen LogP contribution in [0.5, 0.6) is 0 Å². The summed E-state index contributed by atoms with van der Waals surface area (Å²) in [6.07, 6.45) is 0. The van der Waals surface area contributed by atoms with Gasteiger partial charge in [-0.2, -0.15) is 0 Å². The minimum Gasteiger partial charge on any atom is -0.374 e. The third-order valence-electron chi connectivity index (χ3n) is 3.80. The number of hydrogen-bond donors (Lipinski definition) is 3. The first-order chi connectivity index (χ1) is 11.7. The number of hydrogen-bond acceptors (Lipinski definition) is 4. The van der Waals surface area contributed by atoms with Gasteiger partial charge in [0.05, 0.1) is 4.90 Å². The molecule has 0 unspecified atom stereocenters. The fourth-order valence-electron chi connectivity index (χ4n) is 2.41. The maximum absolute atomic E-state index is 12.4. The summed E-state index contributed by atoms with van der Waals surface area (Å²) in [7, 11) is -3.74. The topological polar surface area (TPSA) is 101 Å². The summed E-state index contributed by atoms with van der Waals surface area (Å²) in [4.78, 5) is 12.4. The van der Waals surface area contributed by atoms with Gasteiger partial charge < -0.3 is 10.6 Å². The van der Waals surface area contributed by atoms with Gasteiger partial charge in [0, 0.05) is 11.4 Å². The number of primary sulfonamides is 1. The highest BCUT2D eigenvalue weighted by molar-refractivity contribution is 7.89. The number of carbonyl (C=O) groups is 1. The van der Waals surface area contributed by atoms with Crippen LogP contribution in [0.15, 0.2) is 53.4 Å². The zero-order valence-corrected chi connectivity index (χ0v) is 15.3. The summed E-state index contributed by atoms with van der Waals surface area (Å²) in [6.45, 7) is 5.96. The third-order valence-corrected chi connectivity index (χ3v) is 4.73. The first-order valence-electron chi connectivity index (χ1n) is 7.97. The van der Waals surface area contributed by atoms with Crippen molar-refractivity contribution < 1.29 is 13.2 Å². The van der Waals surface area contributed by atoms with E-state index in [9.17, 15) is 13.2 Å². The van der Waals surface area contributed by atoms with E-state index >= 15 is 0 Å². The largest absolute Gasteiger partial charge is 0.374 e. The smallest absolute Gasteiger partial charge is 0.246 e. The maximum Gasteiger partial charge on any atom is 0.246 e. The monoisotopic (exact) mass is 361 g/mol. The number of nitrogens with two attached hydrogens (primary N) is 1. The summed E-state index contributed by atoms with van der Waals surface area (Å²) >= 11 is 0. The molecular weight excluding hydrogens is 338 g/mol. The van der Waals surface area contributed by atoms with Gasteiger partial charge in [-0.05, 0) is 48.7 Å². The molecule has 1 atom stereocenters. The molecule has 0 aromatic heterocycles. The van der Waals surface area contributed by atoms with Gasteiger partial charge in [-0.1, -0.05) is 32.0 Å². The van der Waals surface area contributed by atoms with E-state index in [0.29, 0.717) is 11.6 Å². The van der Waals surface area contributed by atoms with Gasteiger partial charge in [0.1, 0.15) is 6.04 Å². The molecule has 1 amide bonds. The van der Waals surface area contributed by atoms with E-state index in [1.54, 1.807) is 6.92 Å². The van der Waals surface area contributed by atoms with Crippen LogP contribution in [0.1, 0.15) is 32.3 Å². The van der Waals surface area contributed by atoms with Crippen molar-refractivity contribution in [2.45, 2.75) is 37.6 Å². The molecule has 0 aliphatic carbocycles. The van der Waals surface area contributed by atoms with Gasteiger partial charge in [0.15, 0.2) is 0 Å². The molecule has 0 saturated carbocycles. The molecule has 0 heterocycles. The number of amides is 1. The molecule has 0 saturated heterocycles. The standard InChI is InChI=1S/C18H23N3O3S/c1-12(2)16-6-4-5-7-17(16)20-13(3)18(22)21-14-8-10-15(11-9-14)25(19,23)24/h4-13,20H,1-3H3,(H,21,22)(H2,19,23,24)/t13-/m0/s1. The lowest BCUT2D eigenvalue weighted by Gasteiger charge is -2.19. The Bertz CT molecular complexity index is 846. The second-order valence-electron chi connectivity index (χ2n) is 6.17. The molecular formula is C18H23N3O3S. The van der Waals surface area contributed by atoms with E-state index in [-0.39, 0.29) is 10.8 Å². The van der Waals surface area contributed by atoms with E-state index in [4.69, 9.17) is 5.14 Å². The SMILES string of the molecule is CC(C)c1ccccc1N[C@@H](C)C(=O)Nc1ccc(S(N)(=O)=O)cc1. The van der Waals surface area contributed by atoms with Crippen LogP contribution in [0.2, 0.25) is 0 Å². The fourth-order valence-corrected chi connectivity index (χ4v) is 2.92. The molecule has 0 spiro atoms. The Kier molecular flexibility index (Phi) is 5.81. The molecule has 4 N–H and O–H groups in total. The predicted octanol–water partition coefficient (Wildman–Crippen LogP) is 2.90. The quantitative estimate of drug-likeness (QED) is 0.736. The van der Waals surface area contributed by atoms with Crippen LogP contribution < -0.4 is 15.8 Å². The summed E-state index contributed by atoms with van der Waals surface area (Å²) in [5.41, 5.74) is 2.56. The zero-order chi connectivity index (χ0) is 18.6. The fraction of sp³-hybridized carbons (Fsp3) is 0.278. The second kappa shape index (κ2) is 7.67. The van der Waals surface area contributed by atoms with Gasteiger partial charge >= 0.3 is 0 Å². The minimum atomic E-state index is -3.74. The predicted molar refractivity (Wildman–Crippen MR) is 100 cm³/mol. The van der Waals surface area contributed by atoms with Crippen LogP contribution in [0.25, 0.3) is 0 Å². The average molecular weight is 361 g/mol. The van der Waals surface area contributed by atoms with E-state index in [0.717, 1.165) is 11.3 Å². The molecule has 2 aromatic carbocycles. The molecule has 7 heteroatoms. The third kappa shape index (κ3) is 5.04. The van der Waals surface area contributed by atoms with E-state index < -0.39 is 16.1 Å². The Morgan fingerprint density at radius 1 is 1.00 bits per heavy atom. The molecule has 0 fully saturated rings. The molecule has 0 aliphatic heterocycles. The van der Waals surface area contributed by atoms with Crippen LogP contribution >= 0.6 is 0 Å². The van der Waals surface area contributed by atoms with Crippen LogP contribution in [-0.2, 0) is 14.8 Å². The first-order valence-corrected chi connectivity index (χ1v) is 9.52. The lowest BCUT2D eigenvalue weighted by Crippen LogP contribution is -2.32. The van der Waals surface area contributed by atoms with Crippen molar-refractivity contribution in [1.82, 2.24) is 0 Å². The normalized spacial score (nSPS) is 12.7. The van der Waals surface area contributed by atoms with Gasteiger partial charge in [0.2, 0.25) is 15.9 Å². The molecule has 2 aromatic rings. The van der Waals surface area contributed by atoms with E-state index in [1.165, 1.54) is 24.3 Å². The molecule has 2 rings (SSSR count). The van der Waals surface area contributed by atoms with Crippen LogP contribution in [-0.4, -0.2) is 20.4 Å². The summed E-state index contributed by atoms with van der Waals surface area (Å²) in [5, 5.41) is 11.0. The van der Waals surface area contributed by atoms with Crippen molar-refractivity contribution in [1.29, 1.82) is 0 Å². The molecule has 134 valence electrons. The Balaban J connectivity index is 2.06. The second-order valence-corrected chi connectivity index (χ2v) is 7.73. The number of benzene rings is 2. The van der Waals surface area contributed by atoms with Gasteiger partial charge in [-0.3, -0.25) is 4.79 Å². The Morgan fingerprint density at radius 3 is 2.16 bits per heavy atom. The molecule has 6 nitrogen and oxygen atoms in total. The van der Waals surface area contributed by atoms with Gasteiger partial charge in [0.25, 0.3) is 0 Å². The highest BCUT2D eigenvalue weighted by Gasteiger charge is 2.16. The lowest BCUT2D eigenvalue weighted by atomic mass is 10.0. The Labute approximate surface area is 148 Å². The number of rotatable bonds is 6. The Morgan fingerprint density at radius 2 is 1.60 bits per heavy atom. The highest BCUT2D eigenvalue weighted by atomic mass is 32.2. The lowest BCUT2D eigenvalue weighted by molar-refractivity contribution is -0.116. The number of para-hydroxylation sites is 1. The van der Waals surface area contributed by atoms with Crippen molar-refractivity contribution in [2.75, 3.05) is 10.6 Å². The zero-order valence-electron chi connectivity index (χ0n) is 14.5. The molecule has 0 aliphatic rings. The number of anilines is 2. The maximum atomic E-state index is 12.4. The van der Waals surface area contributed by atoms with Gasteiger partial charge in [-0.25, -0.2) is 13.6 Å². The number of sulfonamides is 1. The van der Waals surface area contributed by atoms with Crippen molar-refractivity contribution in [3.05, 3.63) is 54.1 Å². The minimum absolute atomic E-state index is 0.00235. The first kappa shape index (κ1) is 19.0. The average Bonchev–Trinajstić information content (AvgIpc) is 2.54. The van der Waals surface area contributed by atoms with Crippen molar-refractivity contribution in [2.24, 2.45) is 5.14 Å². The van der Waals surface area contributed by atoms with Gasteiger partial charge in [-0.15, -0.1) is 0 Å². The van der Waals surface area contributed by atoms with Crippen LogP contribution in [0, 0.1) is 0 Å².